The van der Waals surface area contributed by atoms with Crippen molar-refractivity contribution in [3.8, 4) is 0 Å². The molecule has 0 bridgehead atoms. The molecule has 4 heterocycles. The number of aliphatic hydroxyl groups excluding tert-OH is 1. The number of amidine groups is 1. The van der Waals surface area contributed by atoms with E-state index in [1.165, 1.54) is 37.9 Å². The van der Waals surface area contributed by atoms with Crippen LogP contribution < -0.4 is 37.4 Å². The van der Waals surface area contributed by atoms with Gasteiger partial charge in [-0.25, -0.2) is 9.36 Å². The molecule has 2 unspecified atom stereocenters. The number of carbonyl (C=O) groups is 1. The van der Waals surface area contributed by atoms with E-state index in [1.807, 2.05) is 0 Å². The van der Waals surface area contributed by atoms with Gasteiger partial charge in [-0.2, -0.15) is 13.2 Å². The Bertz CT molecular complexity index is 1530. The number of anilines is 2. The Labute approximate surface area is 228 Å². The third-order valence-electron chi connectivity index (χ3n) is 6.85. The zero-order chi connectivity index (χ0) is 29.0. The summed E-state index contributed by atoms with van der Waals surface area (Å²) >= 11 is 1.30. The molecule has 2 aromatic rings. The lowest BCUT2D eigenvalue weighted by Crippen LogP contribution is -2.54. The smallest absolute Gasteiger partial charge is 0.371 e. The van der Waals surface area contributed by atoms with Crippen LogP contribution in [0.15, 0.2) is 33.1 Å². The molecule has 1 aliphatic carbocycles. The first-order valence-corrected chi connectivity index (χ1v) is 13.1. The van der Waals surface area contributed by atoms with Gasteiger partial charge in [0.2, 0.25) is 5.91 Å². The van der Waals surface area contributed by atoms with Crippen LogP contribution in [-0.4, -0.2) is 49.8 Å². The summed E-state index contributed by atoms with van der Waals surface area (Å²) in [5.74, 6) is -0.223. The molecule has 40 heavy (non-hydrogen) atoms. The third-order valence-corrected chi connectivity index (χ3v) is 7.89. The molecule has 214 valence electrons. The highest BCUT2D eigenvalue weighted by Gasteiger charge is 2.57. The van der Waals surface area contributed by atoms with E-state index in [0.29, 0.717) is 24.2 Å². The quantitative estimate of drug-likeness (QED) is 0.141. The van der Waals surface area contributed by atoms with Crippen LogP contribution in [0.1, 0.15) is 42.0 Å². The summed E-state index contributed by atoms with van der Waals surface area (Å²) in [7, 11) is 0. The lowest BCUT2D eigenvalue weighted by molar-refractivity contribution is -0.141. The molecule has 17 heteroatoms. The van der Waals surface area contributed by atoms with Crippen LogP contribution in [0.3, 0.4) is 0 Å². The van der Waals surface area contributed by atoms with Crippen molar-refractivity contribution in [2.24, 2.45) is 0 Å². The Kier molecular flexibility index (Phi) is 6.81. The summed E-state index contributed by atoms with van der Waals surface area (Å²) < 4.78 is 39.9. The number of aliphatic hydroxyl groups is 1. The zero-order valence-electron chi connectivity index (χ0n) is 21.3. The van der Waals surface area contributed by atoms with Gasteiger partial charge in [0.15, 0.2) is 0 Å². The fourth-order valence-corrected chi connectivity index (χ4v) is 5.70. The summed E-state index contributed by atoms with van der Waals surface area (Å²) in [6.07, 6.45) is -3.52. The Balaban J connectivity index is 1.30. The van der Waals surface area contributed by atoms with Gasteiger partial charge in [-0.15, -0.1) is 11.8 Å². The van der Waals surface area contributed by atoms with Crippen molar-refractivity contribution in [2.45, 2.75) is 56.6 Å². The van der Waals surface area contributed by atoms with Gasteiger partial charge in [0, 0.05) is 17.2 Å². The van der Waals surface area contributed by atoms with Gasteiger partial charge < -0.3 is 31.3 Å². The number of amides is 1. The molecule has 1 saturated carbocycles. The molecule has 13 nitrogen and oxygen atoms in total. The predicted octanol–water partition coefficient (Wildman–Crippen LogP) is 0.836. The number of nitrogens with zero attached hydrogens (tertiary/aromatic N) is 3. The minimum Gasteiger partial charge on any atom is -0.371 e. The van der Waals surface area contributed by atoms with Crippen LogP contribution in [-0.2, 0) is 17.5 Å². The second-order valence-electron chi connectivity index (χ2n) is 9.76. The van der Waals surface area contributed by atoms with Crippen molar-refractivity contribution in [2.75, 3.05) is 16.9 Å². The van der Waals surface area contributed by atoms with Crippen LogP contribution in [0.25, 0.3) is 0 Å². The molecule has 5 rings (SSSR count). The monoisotopic (exact) mass is 581 g/mol. The number of aromatic amines is 1. The molecular weight excluding hydrogens is 555 g/mol. The van der Waals surface area contributed by atoms with Crippen molar-refractivity contribution in [3.63, 3.8) is 0 Å². The van der Waals surface area contributed by atoms with Gasteiger partial charge in [0.25, 0.3) is 5.56 Å². The van der Waals surface area contributed by atoms with Crippen molar-refractivity contribution >= 4 is 35.0 Å². The Morgan fingerprint density at radius 2 is 2.10 bits per heavy atom. The fraction of sp³-hybridized carbons (Fsp3) is 0.435. The first kappa shape index (κ1) is 27.6. The molecule has 1 amide bonds. The van der Waals surface area contributed by atoms with E-state index in [-0.39, 0.29) is 29.6 Å². The Morgan fingerprint density at radius 3 is 2.73 bits per heavy atom. The van der Waals surface area contributed by atoms with E-state index in [0.717, 1.165) is 4.57 Å². The first-order valence-electron chi connectivity index (χ1n) is 12.1. The molecule has 2 aliphatic heterocycles. The molecule has 7 N–H and O–H groups in total. The summed E-state index contributed by atoms with van der Waals surface area (Å²) in [6.45, 7) is 2.22. The van der Waals surface area contributed by atoms with Gasteiger partial charge in [-0.1, -0.05) is 0 Å². The fourth-order valence-electron chi connectivity index (χ4n) is 4.81. The number of aryl methyl sites for hydroxylation is 1. The number of hydrogen-bond donors (Lipinski definition) is 7. The molecule has 0 radical (unpaired) electrons. The van der Waals surface area contributed by atoms with E-state index in [4.69, 9.17) is 5.41 Å². The third kappa shape index (κ3) is 5.01. The first-order chi connectivity index (χ1) is 18.8. The van der Waals surface area contributed by atoms with E-state index in [9.17, 15) is 32.7 Å². The van der Waals surface area contributed by atoms with Crippen molar-refractivity contribution in [1.29, 1.82) is 5.41 Å². The number of H-pyrrole nitrogens is 1. The number of carbonyl (C=O) groups excluding carboxylic acids is 1. The van der Waals surface area contributed by atoms with E-state index in [1.54, 1.807) is 10.3 Å². The summed E-state index contributed by atoms with van der Waals surface area (Å²) in [5, 5.41) is 31.1. The van der Waals surface area contributed by atoms with Crippen LogP contribution in [0, 0.1) is 12.3 Å². The maximum absolute atomic E-state index is 13.3. The van der Waals surface area contributed by atoms with E-state index >= 15 is 0 Å². The number of aromatic nitrogens is 3. The largest absolute Gasteiger partial charge is 0.433 e. The topological polar surface area (TPSA) is 180 Å². The SMILES string of the molecule is CC(=N)NC(=O)Cn1c(=O)[nH]c2c(c1=O)N(C1(C(O)NC3=CSC(c4cnc(C(F)(F)F)c(C)c4)N3)CC1)CN2. The highest BCUT2D eigenvalue weighted by molar-refractivity contribution is 8.02. The van der Waals surface area contributed by atoms with E-state index < -0.39 is 52.7 Å². The number of pyridine rings is 1. The van der Waals surface area contributed by atoms with Crippen LogP contribution in [0.4, 0.5) is 24.7 Å². The molecule has 2 atom stereocenters. The number of rotatable bonds is 7. The molecule has 2 aromatic heterocycles. The normalized spacial score (nSPS) is 19.7. The maximum atomic E-state index is 13.3. The molecule has 0 spiro atoms. The maximum Gasteiger partial charge on any atom is 0.433 e. The van der Waals surface area contributed by atoms with Gasteiger partial charge in [-0.05, 0) is 38.3 Å². The number of halogens is 3. The lowest BCUT2D eigenvalue weighted by Gasteiger charge is -2.34. The number of thioether (sulfide) groups is 1. The molecular formula is C23H26F3N9O4S. The summed E-state index contributed by atoms with van der Waals surface area (Å²) in [4.78, 5) is 45.7. The van der Waals surface area contributed by atoms with Gasteiger partial charge in [0.05, 0.1) is 18.0 Å². The Hall–Kier alpha value is -3.99. The van der Waals surface area contributed by atoms with Crippen LogP contribution >= 0.6 is 11.8 Å². The van der Waals surface area contributed by atoms with Crippen molar-refractivity contribution < 1.29 is 23.1 Å². The van der Waals surface area contributed by atoms with Gasteiger partial charge in [-0.3, -0.25) is 25.0 Å². The number of hydrogen-bond acceptors (Lipinski definition) is 11. The molecule has 3 aliphatic rings. The standard InChI is InChI=1S/C23H26F3N9O4S/c1-10-5-12(6-28-16(10)23(24,25)26)18-31-13(8-40-18)32-20(38)22(3-4-22)35-9-29-17-15(35)19(37)34(21(39)33-17)7-14(36)30-11(2)27/h5-6,8,18,20,29,31-32,38H,3-4,7,9H2,1-2H3,(H,33,39)(H2,27,30,36). The average Bonchev–Trinajstić information content (AvgIpc) is 3.34. The minimum absolute atomic E-state index is 0.000107. The lowest BCUT2D eigenvalue weighted by atomic mass is 10.1. The van der Waals surface area contributed by atoms with Gasteiger partial charge >= 0.3 is 11.9 Å². The summed E-state index contributed by atoms with van der Waals surface area (Å²) in [5.41, 5.74) is -2.73. The number of nitrogens with one attached hydrogen (secondary N) is 6. The second-order valence-corrected chi connectivity index (χ2v) is 10.7. The second kappa shape index (κ2) is 9.88. The highest BCUT2D eigenvalue weighted by atomic mass is 32.2. The number of fused-ring (bicyclic) bond motifs is 1. The van der Waals surface area contributed by atoms with Crippen molar-refractivity contribution in [1.82, 2.24) is 30.5 Å². The van der Waals surface area contributed by atoms with Crippen LogP contribution in [0.5, 0.6) is 0 Å². The van der Waals surface area contributed by atoms with Crippen LogP contribution in [0.2, 0.25) is 0 Å². The van der Waals surface area contributed by atoms with Crippen molar-refractivity contribution in [3.05, 3.63) is 61.2 Å². The predicted molar refractivity (Wildman–Crippen MR) is 140 cm³/mol. The molecule has 0 saturated heterocycles. The summed E-state index contributed by atoms with van der Waals surface area (Å²) in [6, 6.07) is 1.42. The Morgan fingerprint density at radius 1 is 1.38 bits per heavy atom. The molecule has 0 aromatic carbocycles. The zero-order valence-corrected chi connectivity index (χ0v) is 22.1. The van der Waals surface area contributed by atoms with E-state index in [2.05, 4.69) is 31.2 Å². The average molecular weight is 582 g/mol. The molecule has 1 fully saturated rings. The van der Waals surface area contributed by atoms with Gasteiger partial charge in [0.1, 0.15) is 41.2 Å². The minimum atomic E-state index is -4.54. The highest BCUT2D eigenvalue weighted by Crippen LogP contribution is 2.48. The number of alkyl halides is 3.